The van der Waals surface area contributed by atoms with Gasteiger partial charge in [0.2, 0.25) is 0 Å². The van der Waals surface area contributed by atoms with Gasteiger partial charge in [0.25, 0.3) is 0 Å². The molecule has 0 saturated carbocycles. The molecule has 1 aromatic rings. The highest BCUT2D eigenvalue weighted by Crippen LogP contribution is 2.15. The normalized spacial score (nSPS) is 11.0. The van der Waals surface area contributed by atoms with Gasteiger partial charge in [-0.1, -0.05) is 46.6 Å². The number of rotatable bonds is 10. The summed E-state index contributed by atoms with van der Waals surface area (Å²) < 4.78 is 10.7. The summed E-state index contributed by atoms with van der Waals surface area (Å²) in [6.45, 7) is 9.96. The summed E-state index contributed by atoms with van der Waals surface area (Å²) in [6.07, 6.45) is 4.14. The molecule has 0 heterocycles. The number of carbonyl (C=O) groups excluding carboxylic acids is 1. The lowest BCUT2D eigenvalue weighted by atomic mass is 10.00. The summed E-state index contributed by atoms with van der Waals surface area (Å²) in [4.78, 5) is 12.2. The van der Waals surface area contributed by atoms with E-state index >= 15 is 0 Å². The minimum atomic E-state index is -0.247. The Morgan fingerprint density at radius 1 is 1.00 bits per heavy atom. The highest BCUT2D eigenvalue weighted by Gasteiger charge is 2.10. The largest absolute Gasteiger partial charge is 0.460 e. The fourth-order valence-electron chi connectivity index (χ4n) is 2.34. The molecule has 124 valence electrons. The van der Waals surface area contributed by atoms with Crippen LogP contribution in [0.1, 0.15) is 62.0 Å². The minimum absolute atomic E-state index is 0.247. The summed E-state index contributed by atoms with van der Waals surface area (Å²) in [7, 11) is 0. The molecule has 0 unspecified atom stereocenters. The SMILES string of the molecule is CCCc1cc(CCC)cc(C(=O)OCCOCC(C)C)c1. The Hall–Kier alpha value is -1.35. The fourth-order valence-corrected chi connectivity index (χ4v) is 2.34. The van der Waals surface area contributed by atoms with Gasteiger partial charge in [-0.15, -0.1) is 0 Å². The Bertz CT molecular complexity index is 428. The van der Waals surface area contributed by atoms with Crippen LogP contribution in [0, 0.1) is 5.92 Å². The number of aryl methyl sites for hydroxylation is 2. The Kier molecular flexibility index (Phi) is 8.83. The molecule has 0 aromatic heterocycles. The van der Waals surface area contributed by atoms with Crippen LogP contribution in [0.5, 0.6) is 0 Å². The van der Waals surface area contributed by atoms with Crippen LogP contribution in [0.4, 0.5) is 0 Å². The zero-order valence-corrected chi connectivity index (χ0v) is 14.5. The molecule has 1 rings (SSSR count). The van der Waals surface area contributed by atoms with Gasteiger partial charge in [0, 0.05) is 6.61 Å². The van der Waals surface area contributed by atoms with Crippen LogP contribution in [-0.4, -0.2) is 25.8 Å². The van der Waals surface area contributed by atoms with Crippen LogP contribution in [0.15, 0.2) is 18.2 Å². The molecule has 0 atom stereocenters. The van der Waals surface area contributed by atoms with E-state index in [1.165, 1.54) is 11.1 Å². The predicted molar refractivity (Wildman–Crippen MR) is 90.4 cm³/mol. The molecule has 0 bridgehead atoms. The average Bonchev–Trinajstić information content (AvgIpc) is 2.47. The van der Waals surface area contributed by atoms with E-state index in [0.29, 0.717) is 31.3 Å². The fraction of sp³-hybridized carbons (Fsp3) is 0.632. The molecule has 0 radical (unpaired) electrons. The predicted octanol–water partition coefficient (Wildman–Crippen LogP) is 4.42. The molecule has 0 N–H and O–H groups in total. The summed E-state index contributed by atoms with van der Waals surface area (Å²) in [5, 5.41) is 0. The Labute approximate surface area is 135 Å². The van der Waals surface area contributed by atoms with Crippen LogP contribution in [-0.2, 0) is 22.3 Å². The van der Waals surface area contributed by atoms with Crippen molar-refractivity contribution in [2.24, 2.45) is 5.92 Å². The molecular weight excluding hydrogens is 276 g/mol. The summed E-state index contributed by atoms with van der Waals surface area (Å²) in [5.41, 5.74) is 3.10. The van der Waals surface area contributed by atoms with Gasteiger partial charge in [0.05, 0.1) is 12.2 Å². The first kappa shape index (κ1) is 18.7. The van der Waals surface area contributed by atoms with E-state index in [-0.39, 0.29) is 5.97 Å². The molecule has 0 aliphatic rings. The first-order valence-electron chi connectivity index (χ1n) is 8.44. The van der Waals surface area contributed by atoms with E-state index in [1.54, 1.807) is 0 Å². The van der Waals surface area contributed by atoms with Crippen molar-refractivity contribution in [1.82, 2.24) is 0 Å². The van der Waals surface area contributed by atoms with Crippen LogP contribution in [0.25, 0.3) is 0 Å². The molecule has 3 nitrogen and oxygen atoms in total. The second-order valence-electron chi connectivity index (χ2n) is 6.14. The Morgan fingerprint density at radius 3 is 2.09 bits per heavy atom. The number of benzene rings is 1. The van der Waals surface area contributed by atoms with E-state index in [1.807, 2.05) is 12.1 Å². The lowest BCUT2D eigenvalue weighted by Crippen LogP contribution is -2.13. The third-order valence-corrected chi connectivity index (χ3v) is 3.28. The summed E-state index contributed by atoms with van der Waals surface area (Å²) >= 11 is 0. The maximum absolute atomic E-state index is 12.2. The van der Waals surface area contributed by atoms with Gasteiger partial charge in [0.1, 0.15) is 6.61 Å². The van der Waals surface area contributed by atoms with Gasteiger partial charge in [-0.2, -0.15) is 0 Å². The van der Waals surface area contributed by atoms with Gasteiger partial charge in [-0.25, -0.2) is 4.79 Å². The highest BCUT2D eigenvalue weighted by molar-refractivity contribution is 5.89. The molecule has 3 heteroatoms. The van der Waals surface area contributed by atoms with E-state index in [0.717, 1.165) is 25.7 Å². The van der Waals surface area contributed by atoms with Crippen molar-refractivity contribution in [2.45, 2.75) is 53.4 Å². The topological polar surface area (TPSA) is 35.5 Å². The third-order valence-electron chi connectivity index (χ3n) is 3.28. The van der Waals surface area contributed by atoms with Crippen molar-refractivity contribution in [3.63, 3.8) is 0 Å². The molecule has 0 amide bonds. The molecule has 22 heavy (non-hydrogen) atoms. The van der Waals surface area contributed by atoms with Crippen LogP contribution >= 0.6 is 0 Å². The average molecular weight is 306 g/mol. The second kappa shape index (κ2) is 10.4. The maximum Gasteiger partial charge on any atom is 0.338 e. The van der Waals surface area contributed by atoms with Gasteiger partial charge < -0.3 is 9.47 Å². The van der Waals surface area contributed by atoms with E-state index in [9.17, 15) is 4.79 Å². The number of hydrogen-bond acceptors (Lipinski definition) is 3. The first-order chi connectivity index (χ1) is 10.6. The second-order valence-corrected chi connectivity index (χ2v) is 6.14. The van der Waals surface area contributed by atoms with Crippen LogP contribution in [0.3, 0.4) is 0 Å². The van der Waals surface area contributed by atoms with Crippen molar-refractivity contribution >= 4 is 5.97 Å². The molecule has 0 fully saturated rings. The number of carbonyl (C=O) groups is 1. The van der Waals surface area contributed by atoms with Gasteiger partial charge >= 0.3 is 5.97 Å². The van der Waals surface area contributed by atoms with Crippen molar-refractivity contribution in [3.8, 4) is 0 Å². The molecular formula is C19H30O3. The number of hydrogen-bond donors (Lipinski definition) is 0. The maximum atomic E-state index is 12.2. The van der Waals surface area contributed by atoms with Crippen molar-refractivity contribution in [3.05, 3.63) is 34.9 Å². The minimum Gasteiger partial charge on any atom is -0.460 e. The highest BCUT2D eigenvalue weighted by atomic mass is 16.6. The van der Waals surface area contributed by atoms with Crippen molar-refractivity contribution < 1.29 is 14.3 Å². The quantitative estimate of drug-likeness (QED) is 0.474. The molecule has 0 aliphatic heterocycles. The summed E-state index contributed by atoms with van der Waals surface area (Å²) in [6, 6.07) is 6.12. The van der Waals surface area contributed by atoms with Crippen LogP contribution < -0.4 is 0 Å². The zero-order chi connectivity index (χ0) is 16.4. The van der Waals surface area contributed by atoms with Crippen LogP contribution in [0.2, 0.25) is 0 Å². The lowest BCUT2D eigenvalue weighted by Gasteiger charge is -2.10. The van der Waals surface area contributed by atoms with Gasteiger partial charge in [-0.3, -0.25) is 0 Å². The van der Waals surface area contributed by atoms with E-state index in [4.69, 9.17) is 9.47 Å². The van der Waals surface area contributed by atoms with E-state index < -0.39 is 0 Å². The number of esters is 1. The van der Waals surface area contributed by atoms with Gasteiger partial charge in [0.15, 0.2) is 0 Å². The molecule has 0 saturated heterocycles. The standard InChI is InChI=1S/C19H30O3/c1-5-7-16-11-17(8-6-2)13-18(12-16)19(20)22-10-9-21-14-15(3)4/h11-13,15H,5-10,14H2,1-4H3. The van der Waals surface area contributed by atoms with Gasteiger partial charge in [-0.05, 0) is 42.0 Å². The van der Waals surface area contributed by atoms with Crippen molar-refractivity contribution in [2.75, 3.05) is 19.8 Å². The molecule has 1 aromatic carbocycles. The zero-order valence-electron chi connectivity index (χ0n) is 14.5. The third kappa shape index (κ3) is 7.08. The smallest absolute Gasteiger partial charge is 0.338 e. The summed E-state index contributed by atoms with van der Waals surface area (Å²) in [5.74, 6) is 0.251. The first-order valence-corrected chi connectivity index (χ1v) is 8.44. The monoisotopic (exact) mass is 306 g/mol. The molecule has 0 aliphatic carbocycles. The van der Waals surface area contributed by atoms with E-state index in [2.05, 4.69) is 33.8 Å². The Morgan fingerprint density at radius 2 is 1.59 bits per heavy atom. The molecule has 0 spiro atoms. The Balaban J connectivity index is 2.59. The number of ether oxygens (including phenoxy) is 2. The lowest BCUT2D eigenvalue weighted by molar-refractivity contribution is 0.0277. The van der Waals surface area contributed by atoms with Crippen molar-refractivity contribution in [1.29, 1.82) is 0 Å².